The van der Waals surface area contributed by atoms with Crippen LogP contribution in [0.15, 0.2) is 47.4 Å². The highest BCUT2D eigenvalue weighted by atomic mass is 32.2. The first kappa shape index (κ1) is 20.9. The molecule has 0 aliphatic heterocycles. The molecule has 0 saturated heterocycles. The average Bonchev–Trinajstić information content (AvgIpc) is 2.54. The van der Waals surface area contributed by atoms with Crippen molar-refractivity contribution in [3.05, 3.63) is 59.2 Å². The fourth-order valence-electron chi connectivity index (χ4n) is 2.49. The van der Waals surface area contributed by atoms with E-state index in [4.69, 9.17) is 0 Å². The number of sulfone groups is 1. The lowest BCUT2D eigenvalue weighted by atomic mass is 10.1. The minimum Gasteiger partial charge on any atom is -0.346 e. The predicted molar refractivity (Wildman–Crippen MR) is 105 cm³/mol. The van der Waals surface area contributed by atoms with Gasteiger partial charge in [-0.05, 0) is 55.3 Å². The van der Waals surface area contributed by atoms with Crippen LogP contribution in [0.5, 0.6) is 0 Å². The van der Waals surface area contributed by atoms with Gasteiger partial charge in [-0.2, -0.15) is 0 Å². The molecule has 1 atom stereocenters. The zero-order chi connectivity index (χ0) is 20.4. The normalized spacial score (nSPS) is 13.0. The highest BCUT2D eigenvalue weighted by Crippen LogP contribution is 2.20. The Morgan fingerprint density at radius 2 is 1.56 bits per heavy atom. The van der Waals surface area contributed by atoms with Crippen LogP contribution in [0.2, 0.25) is 0 Å². The Morgan fingerprint density at radius 1 is 0.963 bits per heavy atom. The SMILES string of the molecule is Cc1cc(C(=O)N[C@@H](C)c2ccc(S(C)(=O)=O)cc2)ccc1NS(C)(=O)=O. The number of amides is 1. The minimum atomic E-state index is -3.40. The maximum atomic E-state index is 12.5. The molecule has 2 aromatic rings. The van der Waals surface area contributed by atoms with E-state index in [9.17, 15) is 21.6 Å². The van der Waals surface area contributed by atoms with Crippen LogP contribution in [0.1, 0.15) is 34.5 Å². The number of nitrogens with one attached hydrogen (secondary N) is 2. The van der Waals surface area contributed by atoms with Gasteiger partial charge in [-0.15, -0.1) is 0 Å². The van der Waals surface area contributed by atoms with E-state index in [1.807, 2.05) is 0 Å². The van der Waals surface area contributed by atoms with Crippen molar-refractivity contribution >= 4 is 31.5 Å². The van der Waals surface area contributed by atoms with Crippen LogP contribution >= 0.6 is 0 Å². The maximum absolute atomic E-state index is 12.5. The highest BCUT2D eigenvalue weighted by Gasteiger charge is 2.14. The Morgan fingerprint density at radius 3 is 2.04 bits per heavy atom. The number of sulfonamides is 1. The van der Waals surface area contributed by atoms with Gasteiger partial charge in [0.25, 0.3) is 5.91 Å². The highest BCUT2D eigenvalue weighted by molar-refractivity contribution is 7.92. The van der Waals surface area contributed by atoms with Crippen molar-refractivity contribution in [2.45, 2.75) is 24.8 Å². The van der Waals surface area contributed by atoms with Crippen molar-refractivity contribution in [2.24, 2.45) is 0 Å². The van der Waals surface area contributed by atoms with Crippen molar-refractivity contribution in [1.82, 2.24) is 5.32 Å². The first-order valence-electron chi connectivity index (χ1n) is 8.06. The zero-order valence-corrected chi connectivity index (χ0v) is 17.1. The van der Waals surface area contributed by atoms with Gasteiger partial charge in [0.05, 0.1) is 22.9 Å². The van der Waals surface area contributed by atoms with Crippen LogP contribution < -0.4 is 10.0 Å². The lowest BCUT2D eigenvalue weighted by molar-refractivity contribution is 0.0940. The van der Waals surface area contributed by atoms with Crippen LogP contribution in [0.3, 0.4) is 0 Å². The van der Waals surface area contributed by atoms with E-state index >= 15 is 0 Å². The maximum Gasteiger partial charge on any atom is 0.251 e. The molecule has 7 nitrogen and oxygen atoms in total. The number of carbonyl (C=O) groups excluding carboxylic acids is 1. The molecule has 0 aromatic heterocycles. The number of hydrogen-bond acceptors (Lipinski definition) is 5. The van der Waals surface area contributed by atoms with Crippen LogP contribution in [0.25, 0.3) is 0 Å². The third-order valence-electron chi connectivity index (χ3n) is 3.94. The number of carbonyl (C=O) groups is 1. The summed E-state index contributed by atoms with van der Waals surface area (Å²) in [5.74, 6) is -0.316. The zero-order valence-electron chi connectivity index (χ0n) is 15.5. The third-order valence-corrected chi connectivity index (χ3v) is 5.66. The first-order valence-corrected chi connectivity index (χ1v) is 11.8. The quantitative estimate of drug-likeness (QED) is 0.759. The van der Waals surface area contributed by atoms with Crippen LogP contribution in [-0.4, -0.2) is 35.3 Å². The second-order valence-corrected chi connectivity index (χ2v) is 10.2. The van der Waals surface area contributed by atoms with E-state index in [1.54, 1.807) is 32.0 Å². The molecule has 0 aliphatic carbocycles. The summed E-state index contributed by atoms with van der Waals surface area (Å²) in [6, 6.07) is 10.7. The number of benzene rings is 2. The number of aryl methyl sites for hydroxylation is 1. The Bertz CT molecular complexity index is 1060. The van der Waals surface area contributed by atoms with Crippen molar-refractivity contribution in [3.8, 4) is 0 Å². The molecule has 0 fully saturated rings. The minimum absolute atomic E-state index is 0.217. The molecule has 0 saturated carbocycles. The largest absolute Gasteiger partial charge is 0.346 e. The van der Waals surface area contributed by atoms with Crippen molar-refractivity contribution in [2.75, 3.05) is 17.2 Å². The Hall–Kier alpha value is -2.39. The van der Waals surface area contributed by atoms with Crippen molar-refractivity contribution in [1.29, 1.82) is 0 Å². The molecule has 0 unspecified atom stereocenters. The van der Waals surface area contributed by atoms with Gasteiger partial charge in [-0.25, -0.2) is 16.8 Å². The lowest BCUT2D eigenvalue weighted by Gasteiger charge is -2.16. The van der Waals surface area contributed by atoms with Gasteiger partial charge in [-0.3, -0.25) is 9.52 Å². The molecule has 2 N–H and O–H groups in total. The molecule has 2 rings (SSSR count). The van der Waals surface area contributed by atoms with E-state index in [-0.39, 0.29) is 16.8 Å². The summed E-state index contributed by atoms with van der Waals surface area (Å²) in [6.07, 6.45) is 2.20. The second kappa shape index (κ2) is 7.69. The van der Waals surface area contributed by atoms with Gasteiger partial charge in [0, 0.05) is 11.8 Å². The summed E-state index contributed by atoms with van der Waals surface area (Å²) in [4.78, 5) is 12.7. The molecule has 0 aliphatic rings. The Labute approximate surface area is 159 Å². The predicted octanol–water partition coefficient (Wildman–Crippen LogP) is 2.26. The number of rotatable bonds is 6. The van der Waals surface area contributed by atoms with E-state index in [2.05, 4.69) is 10.0 Å². The fourth-order valence-corrected chi connectivity index (χ4v) is 3.75. The molecule has 0 heterocycles. The molecule has 9 heteroatoms. The topological polar surface area (TPSA) is 109 Å². The van der Waals surface area contributed by atoms with Gasteiger partial charge in [0.2, 0.25) is 10.0 Å². The van der Waals surface area contributed by atoms with Gasteiger partial charge >= 0.3 is 0 Å². The number of anilines is 1. The molecule has 146 valence electrons. The standard InChI is InChI=1S/C18H22N2O5S2/c1-12-11-15(7-10-17(12)20-27(4,24)25)18(21)19-13(2)14-5-8-16(9-6-14)26(3,22)23/h5-11,13,20H,1-4H3,(H,19,21)/t13-/m0/s1. The van der Waals surface area contributed by atoms with Gasteiger partial charge in [0.15, 0.2) is 9.84 Å². The summed E-state index contributed by atoms with van der Waals surface area (Å²) in [5, 5.41) is 2.84. The van der Waals surface area contributed by atoms with E-state index in [1.165, 1.54) is 24.3 Å². The molecule has 2 aromatic carbocycles. The van der Waals surface area contributed by atoms with Gasteiger partial charge in [0.1, 0.15) is 0 Å². The van der Waals surface area contributed by atoms with Crippen molar-refractivity contribution < 1.29 is 21.6 Å². The summed E-state index contributed by atoms with van der Waals surface area (Å²) in [6.45, 7) is 3.50. The van der Waals surface area contributed by atoms with Crippen LogP contribution in [0, 0.1) is 6.92 Å². The summed E-state index contributed by atoms with van der Waals surface area (Å²) in [5.41, 5.74) is 2.20. The van der Waals surface area contributed by atoms with E-state index in [0.29, 0.717) is 16.8 Å². The van der Waals surface area contributed by atoms with E-state index < -0.39 is 19.9 Å². The first-order chi connectivity index (χ1) is 12.4. The van der Waals surface area contributed by atoms with Gasteiger partial charge < -0.3 is 5.32 Å². The smallest absolute Gasteiger partial charge is 0.251 e. The molecule has 0 spiro atoms. The Kier molecular flexibility index (Phi) is 5.96. The average molecular weight is 411 g/mol. The monoisotopic (exact) mass is 410 g/mol. The van der Waals surface area contributed by atoms with Crippen LogP contribution in [0.4, 0.5) is 5.69 Å². The molecular formula is C18H22N2O5S2. The summed E-state index contributed by atoms with van der Waals surface area (Å²) < 4.78 is 48.1. The van der Waals surface area contributed by atoms with E-state index in [0.717, 1.165) is 18.1 Å². The summed E-state index contributed by atoms with van der Waals surface area (Å²) >= 11 is 0. The molecule has 0 bridgehead atoms. The van der Waals surface area contributed by atoms with Gasteiger partial charge in [-0.1, -0.05) is 12.1 Å². The molecule has 27 heavy (non-hydrogen) atoms. The molecule has 0 radical (unpaired) electrons. The second-order valence-electron chi connectivity index (χ2n) is 6.44. The third kappa shape index (κ3) is 5.80. The molecular weight excluding hydrogens is 388 g/mol. The fraction of sp³-hybridized carbons (Fsp3) is 0.278. The summed E-state index contributed by atoms with van der Waals surface area (Å²) in [7, 11) is -6.66. The lowest BCUT2D eigenvalue weighted by Crippen LogP contribution is -2.26. The Balaban J connectivity index is 2.13. The van der Waals surface area contributed by atoms with Crippen LogP contribution in [-0.2, 0) is 19.9 Å². The van der Waals surface area contributed by atoms with Crippen molar-refractivity contribution in [3.63, 3.8) is 0 Å². The molecule has 1 amide bonds. The number of hydrogen-bond donors (Lipinski definition) is 2.